The molecule has 0 saturated heterocycles. The number of rotatable bonds is 1. The van der Waals surface area contributed by atoms with E-state index in [1.807, 2.05) is 59.9 Å². The van der Waals surface area contributed by atoms with E-state index in [-0.39, 0.29) is 0 Å². The van der Waals surface area contributed by atoms with Gasteiger partial charge in [0.05, 0.1) is 5.69 Å². The average Bonchev–Trinajstić information content (AvgIpc) is 2.53. The lowest BCUT2D eigenvalue weighted by Gasteiger charge is -1.98. The number of benzene rings is 1. The maximum absolute atomic E-state index is 4.58. The first-order chi connectivity index (χ1) is 7.18. The highest BCUT2D eigenvalue weighted by Gasteiger charge is 1.97. The Bertz CT molecular complexity index is 514. The second kappa shape index (κ2) is 4.06. The smallest absolute Gasteiger partial charge is 0.209 e. The Morgan fingerprint density at radius 2 is 1.67 bits per heavy atom. The predicted octanol–water partition coefficient (Wildman–Crippen LogP) is 2.36. The van der Waals surface area contributed by atoms with Crippen molar-refractivity contribution in [2.24, 2.45) is 19.1 Å². The van der Waals surface area contributed by atoms with Crippen LogP contribution in [0.15, 0.2) is 46.1 Å². The molecule has 1 aromatic heterocycles. The lowest BCUT2D eigenvalue weighted by Crippen LogP contribution is -2.21. The van der Waals surface area contributed by atoms with E-state index in [1.165, 1.54) is 0 Å². The van der Waals surface area contributed by atoms with Crippen molar-refractivity contribution in [3.63, 3.8) is 0 Å². The topological polar surface area (TPSA) is 22.2 Å². The Morgan fingerprint density at radius 1 is 1.07 bits per heavy atom. The highest BCUT2D eigenvalue weighted by atomic mass is 79.9. The van der Waals surface area contributed by atoms with Crippen LogP contribution in [-0.4, -0.2) is 9.13 Å². The fraction of sp³-hybridized carbons (Fsp3) is 0.182. The second-order valence-electron chi connectivity index (χ2n) is 3.38. The quantitative estimate of drug-likeness (QED) is 0.756. The van der Waals surface area contributed by atoms with Crippen LogP contribution in [0.1, 0.15) is 0 Å². The summed E-state index contributed by atoms with van der Waals surface area (Å²) in [5.41, 5.74) is 1.86. The van der Waals surface area contributed by atoms with E-state index in [2.05, 4.69) is 20.9 Å². The molecule has 0 radical (unpaired) electrons. The molecule has 1 aromatic carbocycles. The molecule has 0 N–H and O–H groups in total. The minimum Gasteiger partial charge on any atom is -0.320 e. The van der Waals surface area contributed by atoms with E-state index in [1.54, 1.807) is 0 Å². The van der Waals surface area contributed by atoms with Crippen LogP contribution >= 0.6 is 15.9 Å². The molecule has 0 aliphatic heterocycles. The molecule has 2 aromatic rings. The van der Waals surface area contributed by atoms with Gasteiger partial charge in [0.2, 0.25) is 5.62 Å². The Balaban J connectivity index is 2.61. The van der Waals surface area contributed by atoms with Crippen LogP contribution in [0.5, 0.6) is 0 Å². The molecule has 0 aliphatic carbocycles. The van der Waals surface area contributed by atoms with Gasteiger partial charge in [0.1, 0.15) is 0 Å². The van der Waals surface area contributed by atoms with Gasteiger partial charge in [0.15, 0.2) is 0 Å². The molecule has 78 valence electrons. The lowest BCUT2D eigenvalue weighted by molar-refractivity contribution is 0.745. The van der Waals surface area contributed by atoms with E-state index in [0.29, 0.717) is 0 Å². The van der Waals surface area contributed by atoms with Crippen LogP contribution in [-0.2, 0) is 14.1 Å². The highest BCUT2D eigenvalue weighted by molar-refractivity contribution is 9.10. The zero-order chi connectivity index (χ0) is 10.8. The summed E-state index contributed by atoms with van der Waals surface area (Å²) in [6, 6.07) is 7.93. The average molecular weight is 266 g/mol. The van der Waals surface area contributed by atoms with Gasteiger partial charge in [-0.2, -0.15) is 0 Å². The molecule has 15 heavy (non-hydrogen) atoms. The normalized spacial score (nSPS) is 10.3. The van der Waals surface area contributed by atoms with Gasteiger partial charge < -0.3 is 9.13 Å². The maximum Gasteiger partial charge on any atom is 0.209 e. The van der Waals surface area contributed by atoms with Gasteiger partial charge in [-0.15, -0.1) is 0 Å². The Hall–Kier alpha value is -1.29. The molecule has 0 saturated carbocycles. The maximum atomic E-state index is 4.58. The molecule has 0 fully saturated rings. The first-order valence-corrected chi connectivity index (χ1v) is 5.45. The number of aryl methyl sites for hydroxylation is 2. The molecule has 0 spiro atoms. The summed E-state index contributed by atoms with van der Waals surface area (Å²) in [7, 11) is 3.96. The van der Waals surface area contributed by atoms with Crippen molar-refractivity contribution >= 4 is 21.6 Å². The summed E-state index contributed by atoms with van der Waals surface area (Å²) in [5, 5.41) is 0. The third-order valence-corrected chi connectivity index (χ3v) is 2.89. The minimum atomic E-state index is 0.918. The number of hydrogen-bond donors (Lipinski definition) is 0. The summed E-state index contributed by atoms with van der Waals surface area (Å²) in [6.45, 7) is 0. The van der Waals surface area contributed by atoms with Gasteiger partial charge in [0.25, 0.3) is 0 Å². The number of halogens is 1. The van der Waals surface area contributed by atoms with Crippen LogP contribution in [0.4, 0.5) is 5.69 Å². The van der Waals surface area contributed by atoms with Crippen molar-refractivity contribution < 1.29 is 0 Å². The summed E-state index contributed by atoms with van der Waals surface area (Å²) in [4.78, 5) is 4.58. The second-order valence-corrected chi connectivity index (χ2v) is 4.24. The van der Waals surface area contributed by atoms with Crippen molar-refractivity contribution in [3.8, 4) is 0 Å². The Kier molecular flexibility index (Phi) is 2.77. The summed E-state index contributed by atoms with van der Waals surface area (Å²) in [5.74, 6) is 0. The van der Waals surface area contributed by atoms with Crippen LogP contribution < -0.4 is 5.62 Å². The predicted molar refractivity (Wildman–Crippen MR) is 63.7 cm³/mol. The van der Waals surface area contributed by atoms with Gasteiger partial charge in [-0.1, -0.05) is 12.1 Å². The molecule has 3 nitrogen and oxygen atoms in total. The molecule has 2 rings (SSSR count). The lowest BCUT2D eigenvalue weighted by atomic mass is 10.3. The monoisotopic (exact) mass is 265 g/mol. The van der Waals surface area contributed by atoms with Crippen LogP contribution in [0, 0.1) is 0 Å². The number of para-hydroxylation sites is 1. The van der Waals surface area contributed by atoms with E-state index >= 15 is 0 Å². The van der Waals surface area contributed by atoms with Gasteiger partial charge in [-0.05, 0) is 28.1 Å². The fourth-order valence-corrected chi connectivity index (χ4v) is 1.76. The SMILES string of the molecule is Cn1ccn(C)c1=Nc1ccccc1Br. The molecule has 0 amide bonds. The molecule has 1 heterocycles. The summed E-state index contributed by atoms with van der Waals surface area (Å²) < 4.78 is 4.98. The fourth-order valence-electron chi connectivity index (χ4n) is 1.39. The van der Waals surface area contributed by atoms with Crippen LogP contribution in [0.2, 0.25) is 0 Å². The van der Waals surface area contributed by atoms with Crippen molar-refractivity contribution in [2.75, 3.05) is 0 Å². The number of hydrogen-bond acceptors (Lipinski definition) is 1. The van der Waals surface area contributed by atoms with E-state index in [4.69, 9.17) is 0 Å². The minimum absolute atomic E-state index is 0.918. The molecule has 0 unspecified atom stereocenters. The Morgan fingerprint density at radius 3 is 2.27 bits per heavy atom. The standard InChI is InChI=1S/C11H12BrN3/c1-14-7-8-15(2)11(14)13-10-6-4-3-5-9(10)12/h3-8H,1-2H3. The van der Waals surface area contributed by atoms with E-state index in [9.17, 15) is 0 Å². The summed E-state index contributed by atoms with van der Waals surface area (Å²) in [6.07, 6.45) is 3.96. The first kappa shape index (κ1) is 10.2. The number of imidazole rings is 1. The highest BCUT2D eigenvalue weighted by Crippen LogP contribution is 2.23. The van der Waals surface area contributed by atoms with Gasteiger partial charge >= 0.3 is 0 Å². The summed E-state index contributed by atoms with van der Waals surface area (Å²) >= 11 is 3.48. The number of nitrogens with zero attached hydrogens (tertiary/aromatic N) is 3. The Labute approximate surface area is 96.8 Å². The first-order valence-electron chi connectivity index (χ1n) is 4.65. The molecular formula is C11H12BrN3. The number of aromatic nitrogens is 2. The van der Waals surface area contributed by atoms with E-state index in [0.717, 1.165) is 15.8 Å². The van der Waals surface area contributed by atoms with Gasteiger partial charge in [-0.3, -0.25) is 0 Å². The van der Waals surface area contributed by atoms with Crippen molar-refractivity contribution in [2.45, 2.75) is 0 Å². The third-order valence-electron chi connectivity index (χ3n) is 2.22. The molecule has 0 aliphatic rings. The zero-order valence-corrected chi connectivity index (χ0v) is 10.3. The zero-order valence-electron chi connectivity index (χ0n) is 8.68. The van der Waals surface area contributed by atoms with Crippen molar-refractivity contribution in [1.82, 2.24) is 9.13 Å². The molecule has 4 heteroatoms. The molecular weight excluding hydrogens is 254 g/mol. The molecule has 0 atom stereocenters. The molecule has 0 bridgehead atoms. The largest absolute Gasteiger partial charge is 0.320 e. The van der Waals surface area contributed by atoms with Crippen molar-refractivity contribution in [3.05, 3.63) is 46.8 Å². The van der Waals surface area contributed by atoms with E-state index < -0.39 is 0 Å². The van der Waals surface area contributed by atoms with Gasteiger partial charge in [-0.25, -0.2) is 4.99 Å². The van der Waals surface area contributed by atoms with Crippen LogP contribution in [0.3, 0.4) is 0 Å². The van der Waals surface area contributed by atoms with Gasteiger partial charge in [0, 0.05) is 31.0 Å². The third kappa shape index (κ3) is 2.04. The van der Waals surface area contributed by atoms with Crippen LogP contribution in [0.25, 0.3) is 0 Å². The van der Waals surface area contributed by atoms with Crippen molar-refractivity contribution in [1.29, 1.82) is 0 Å².